The van der Waals surface area contributed by atoms with Crippen molar-refractivity contribution in [1.29, 1.82) is 0 Å². The second-order valence-corrected chi connectivity index (χ2v) is 6.27. The molecule has 1 unspecified atom stereocenters. The van der Waals surface area contributed by atoms with Crippen molar-refractivity contribution < 1.29 is 14.7 Å². The highest BCUT2D eigenvalue weighted by atomic mass is 32.1. The lowest BCUT2D eigenvalue weighted by Gasteiger charge is -2.23. The van der Waals surface area contributed by atoms with Gasteiger partial charge in [0.1, 0.15) is 0 Å². The molecule has 1 aromatic rings. The number of carbonyl (C=O) groups excluding carboxylic acids is 2. The minimum atomic E-state index is -0.442. The van der Waals surface area contributed by atoms with Gasteiger partial charge in [-0.2, -0.15) is 0 Å². The summed E-state index contributed by atoms with van der Waals surface area (Å²) >= 11 is 1.36. The minimum absolute atomic E-state index is 0.0324. The van der Waals surface area contributed by atoms with Crippen LogP contribution in [0.15, 0.2) is 17.5 Å². The second kappa shape index (κ2) is 6.37. The predicted molar refractivity (Wildman–Crippen MR) is 77.6 cm³/mol. The van der Waals surface area contributed by atoms with E-state index in [0.717, 1.165) is 12.8 Å². The molecule has 1 fully saturated rings. The number of nitrogens with zero attached hydrogens (tertiary/aromatic N) is 2. The van der Waals surface area contributed by atoms with Gasteiger partial charge in [-0.15, -0.1) is 11.3 Å². The molecule has 0 aromatic carbocycles. The quantitative estimate of drug-likeness (QED) is 0.853. The van der Waals surface area contributed by atoms with Crippen molar-refractivity contribution in [3.8, 4) is 0 Å². The van der Waals surface area contributed by atoms with Crippen molar-refractivity contribution in [3.63, 3.8) is 0 Å². The number of aliphatic hydroxyl groups is 1. The number of hydrogen-bond acceptors (Lipinski definition) is 4. The molecule has 2 rings (SSSR count). The van der Waals surface area contributed by atoms with E-state index in [1.54, 1.807) is 20.2 Å². The fourth-order valence-corrected chi connectivity index (χ4v) is 2.71. The van der Waals surface area contributed by atoms with E-state index in [-0.39, 0.29) is 18.4 Å². The standard InChI is InChI=1S/C14H20N2O3S/c1-15(8-11(17)10-5-6-10)13(18)9-16(2)14(19)12-4-3-7-20-12/h3-4,7,10-11,17H,5-6,8-9H2,1-2H3. The van der Waals surface area contributed by atoms with Crippen molar-refractivity contribution in [3.05, 3.63) is 22.4 Å². The normalized spacial score (nSPS) is 15.8. The average molecular weight is 296 g/mol. The molecule has 0 bridgehead atoms. The molecule has 1 aliphatic rings. The monoisotopic (exact) mass is 296 g/mol. The lowest BCUT2D eigenvalue weighted by atomic mass is 10.2. The minimum Gasteiger partial charge on any atom is -0.391 e. The summed E-state index contributed by atoms with van der Waals surface area (Å²) < 4.78 is 0. The molecular formula is C14H20N2O3S. The van der Waals surface area contributed by atoms with Crippen LogP contribution in [-0.4, -0.2) is 60.0 Å². The summed E-state index contributed by atoms with van der Waals surface area (Å²) in [7, 11) is 3.28. The van der Waals surface area contributed by atoms with Gasteiger partial charge in [0.25, 0.3) is 5.91 Å². The Bertz CT molecular complexity index is 471. The van der Waals surface area contributed by atoms with Crippen LogP contribution in [0.2, 0.25) is 0 Å². The Morgan fingerprint density at radius 2 is 2.10 bits per heavy atom. The first kappa shape index (κ1) is 15.0. The van der Waals surface area contributed by atoms with Gasteiger partial charge in [0.2, 0.25) is 5.91 Å². The van der Waals surface area contributed by atoms with E-state index in [1.807, 2.05) is 11.4 Å². The number of likely N-dealkylation sites (N-methyl/N-ethyl adjacent to an activating group) is 2. The van der Waals surface area contributed by atoms with E-state index in [9.17, 15) is 14.7 Å². The third-order valence-electron chi connectivity index (χ3n) is 3.50. The van der Waals surface area contributed by atoms with E-state index in [2.05, 4.69) is 0 Å². The van der Waals surface area contributed by atoms with Crippen LogP contribution in [0.25, 0.3) is 0 Å². The van der Waals surface area contributed by atoms with Gasteiger partial charge >= 0.3 is 0 Å². The fraction of sp³-hybridized carbons (Fsp3) is 0.571. The third-order valence-corrected chi connectivity index (χ3v) is 4.36. The van der Waals surface area contributed by atoms with Gasteiger partial charge in [0.15, 0.2) is 0 Å². The van der Waals surface area contributed by atoms with Crippen LogP contribution in [-0.2, 0) is 4.79 Å². The van der Waals surface area contributed by atoms with Crippen molar-refractivity contribution in [1.82, 2.24) is 9.80 Å². The number of rotatable bonds is 6. The van der Waals surface area contributed by atoms with E-state index < -0.39 is 6.10 Å². The molecule has 1 atom stereocenters. The lowest BCUT2D eigenvalue weighted by Crippen LogP contribution is -2.42. The number of hydrogen-bond donors (Lipinski definition) is 1. The SMILES string of the molecule is CN(CC(O)C1CC1)C(=O)CN(C)C(=O)c1cccs1. The van der Waals surface area contributed by atoms with Crippen molar-refractivity contribution in [2.24, 2.45) is 5.92 Å². The summed E-state index contributed by atoms with van der Waals surface area (Å²) in [6.07, 6.45) is 1.64. The molecule has 1 saturated carbocycles. The molecular weight excluding hydrogens is 276 g/mol. The maximum Gasteiger partial charge on any atom is 0.264 e. The topological polar surface area (TPSA) is 60.9 Å². The first-order valence-corrected chi connectivity index (χ1v) is 7.58. The third kappa shape index (κ3) is 3.80. The molecule has 0 spiro atoms. The molecule has 1 aliphatic carbocycles. The molecule has 1 aromatic heterocycles. The van der Waals surface area contributed by atoms with Crippen LogP contribution < -0.4 is 0 Å². The molecule has 0 aliphatic heterocycles. The Balaban J connectivity index is 1.82. The average Bonchev–Trinajstić information content (AvgIpc) is 3.13. The van der Waals surface area contributed by atoms with Gasteiger partial charge in [0, 0.05) is 20.6 Å². The number of amides is 2. The lowest BCUT2D eigenvalue weighted by molar-refractivity contribution is -0.131. The Morgan fingerprint density at radius 3 is 2.65 bits per heavy atom. The summed E-state index contributed by atoms with van der Waals surface area (Å²) in [4.78, 5) is 27.6. The molecule has 5 nitrogen and oxygen atoms in total. The van der Waals surface area contributed by atoms with E-state index in [0.29, 0.717) is 17.3 Å². The number of carbonyl (C=O) groups is 2. The highest BCUT2D eigenvalue weighted by Crippen LogP contribution is 2.32. The maximum absolute atomic E-state index is 12.0. The van der Waals surface area contributed by atoms with Gasteiger partial charge in [-0.05, 0) is 30.2 Å². The molecule has 1 heterocycles. The molecule has 1 N–H and O–H groups in total. The van der Waals surface area contributed by atoms with Gasteiger partial charge in [-0.3, -0.25) is 9.59 Å². The first-order valence-electron chi connectivity index (χ1n) is 6.70. The zero-order valence-corrected chi connectivity index (χ0v) is 12.6. The van der Waals surface area contributed by atoms with Crippen LogP contribution in [0.5, 0.6) is 0 Å². The Hall–Kier alpha value is -1.40. The van der Waals surface area contributed by atoms with Crippen LogP contribution in [0.1, 0.15) is 22.5 Å². The molecule has 110 valence electrons. The Morgan fingerprint density at radius 1 is 1.40 bits per heavy atom. The molecule has 0 saturated heterocycles. The Labute approximate surface area is 122 Å². The number of thiophene rings is 1. The summed E-state index contributed by atoms with van der Waals surface area (Å²) in [5.74, 6) is 0.0392. The molecule has 0 radical (unpaired) electrons. The zero-order valence-electron chi connectivity index (χ0n) is 11.8. The summed E-state index contributed by atoms with van der Waals surface area (Å²) in [6, 6.07) is 3.56. The van der Waals surface area contributed by atoms with Gasteiger partial charge < -0.3 is 14.9 Å². The van der Waals surface area contributed by atoms with Crippen molar-refractivity contribution in [2.75, 3.05) is 27.2 Å². The number of aliphatic hydroxyl groups excluding tert-OH is 1. The van der Waals surface area contributed by atoms with Crippen LogP contribution >= 0.6 is 11.3 Å². The van der Waals surface area contributed by atoms with Crippen LogP contribution in [0.4, 0.5) is 0 Å². The first-order chi connectivity index (χ1) is 9.49. The highest BCUT2D eigenvalue weighted by Gasteiger charge is 2.31. The highest BCUT2D eigenvalue weighted by molar-refractivity contribution is 7.12. The predicted octanol–water partition coefficient (Wildman–Crippen LogP) is 1.05. The second-order valence-electron chi connectivity index (χ2n) is 5.32. The maximum atomic E-state index is 12.0. The smallest absolute Gasteiger partial charge is 0.264 e. The van der Waals surface area contributed by atoms with E-state index in [1.165, 1.54) is 21.1 Å². The molecule has 20 heavy (non-hydrogen) atoms. The van der Waals surface area contributed by atoms with E-state index >= 15 is 0 Å². The zero-order chi connectivity index (χ0) is 14.7. The summed E-state index contributed by atoms with van der Waals surface area (Å²) in [5, 5.41) is 11.7. The largest absolute Gasteiger partial charge is 0.391 e. The fourth-order valence-electron chi connectivity index (χ4n) is 2.00. The summed E-state index contributed by atoms with van der Waals surface area (Å²) in [5.41, 5.74) is 0. The van der Waals surface area contributed by atoms with Gasteiger partial charge in [-0.25, -0.2) is 0 Å². The Kier molecular flexibility index (Phi) is 4.77. The molecule has 6 heteroatoms. The van der Waals surface area contributed by atoms with Crippen molar-refractivity contribution >= 4 is 23.2 Å². The van der Waals surface area contributed by atoms with Crippen LogP contribution in [0, 0.1) is 5.92 Å². The van der Waals surface area contributed by atoms with Crippen LogP contribution in [0.3, 0.4) is 0 Å². The van der Waals surface area contributed by atoms with Gasteiger partial charge in [-0.1, -0.05) is 6.07 Å². The van der Waals surface area contributed by atoms with Gasteiger partial charge in [0.05, 0.1) is 17.5 Å². The molecule has 2 amide bonds. The van der Waals surface area contributed by atoms with E-state index in [4.69, 9.17) is 0 Å². The summed E-state index contributed by atoms with van der Waals surface area (Å²) in [6.45, 7) is 0.370. The van der Waals surface area contributed by atoms with Crippen molar-refractivity contribution in [2.45, 2.75) is 18.9 Å².